The van der Waals surface area contributed by atoms with Crippen LogP contribution in [0.1, 0.15) is 31.2 Å². The third-order valence-corrected chi connectivity index (χ3v) is 6.20. The third kappa shape index (κ3) is 4.57. The highest BCUT2D eigenvalue weighted by Gasteiger charge is 2.25. The average molecular weight is 450 g/mol. The normalized spacial score (nSPS) is 12.9. The predicted molar refractivity (Wildman–Crippen MR) is 122 cm³/mol. The summed E-state index contributed by atoms with van der Waals surface area (Å²) < 4.78 is 43.3. The monoisotopic (exact) mass is 449 g/mol. The molecule has 0 amide bonds. The van der Waals surface area contributed by atoms with Crippen molar-refractivity contribution >= 4 is 49.5 Å². The molecule has 9 heteroatoms. The van der Waals surface area contributed by atoms with Crippen LogP contribution in [0, 0.1) is 18.7 Å². The molecule has 30 heavy (non-hydrogen) atoms. The lowest BCUT2D eigenvalue weighted by Crippen LogP contribution is -2.35. The second-order valence-corrected chi connectivity index (χ2v) is 10.00. The van der Waals surface area contributed by atoms with Gasteiger partial charge in [0.05, 0.1) is 22.3 Å². The zero-order valence-corrected chi connectivity index (χ0v) is 18.7. The van der Waals surface area contributed by atoms with E-state index in [1.807, 2.05) is 20.8 Å². The first-order chi connectivity index (χ1) is 14.0. The van der Waals surface area contributed by atoms with Crippen molar-refractivity contribution in [3.63, 3.8) is 0 Å². The summed E-state index contributed by atoms with van der Waals surface area (Å²) >= 11 is 5.44. The van der Waals surface area contributed by atoms with Gasteiger partial charge in [0.2, 0.25) is 0 Å². The van der Waals surface area contributed by atoms with Crippen LogP contribution in [0.4, 0.5) is 15.8 Å². The van der Waals surface area contributed by atoms with Gasteiger partial charge >= 0.3 is 0 Å². The van der Waals surface area contributed by atoms with Crippen molar-refractivity contribution in [2.24, 2.45) is 5.92 Å². The highest BCUT2D eigenvalue weighted by molar-refractivity contribution is 7.90. The summed E-state index contributed by atoms with van der Waals surface area (Å²) in [6, 6.07) is 8.52. The van der Waals surface area contributed by atoms with E-state index in [0.717, 1.165) is 11.8 Å². The summed E-state index contributed by atoms with van der Waals surface area (Å²) in [5, 5.41) is 7.15. The standard InChI is InChI=1S/C21H24FN3O3S2/c1-11(2)19(20-12(3)15-9-13(22)5-8-18(15)28-20)25-21(29)24-17-10-14(30(4,26)27)6-7-16(17)23/h5-11,19H,23H2,1-4H3,(H2,24,25,29). The molecule has 160 valence electrons. The van der Waals surface area contributed by atoms with Crippen molar-refractivity contribution < 1.29 is 17.2 Å². The number of nitrogen functional groups attached to an aromatic ring is 1. The molecule has 0 aliphatic carbocycles. The van der Waals surface area contributed by atoms with Crippen LogP contribution in [-0.2, 0) is 9.84 Å². The number of benzene rings is 2. The highest BCUT2D eigenvalue weighted by Crippen LogP contribution is 2.33. The number of fused-ring (bicyclic) bond motifs is 1. The Morgan fingerprint density at radius 1 is 1.20 bits per heavy atom. The van der Waals surface area contributed by atoms with Crippen LogP contribution in [0.25, 0.3) is 11.0 Å². The SMILES string of the molecule is Cc1c(C(NC(=S)Nc2cc(S(C)(=O)=O)ccc2N)C(C)C)oc2ccc(F)cc12. The van der Waals surface area contributed by atoms with E-state index >= 15 is 0 Å². The molecule has 4 N–H and O–H groups in total. The van der Waals surface area contributed by atoms with E-state index in [4.69, 9.17) is 22.4 Å². The Morgan fingerprint density at radius 3 is 2.53 bits per heavy atom. The van der Waals surface area contributed by atoms with Crippen molar-refractivity contribution in [1.29, 1.82) is 0 Å². The maximum atomic E-state index is 13.6. The quantitative estimate of drug-likeness (QED) is 0.388. The van der Waals surface area contributed by atoms with Crippen molar-refractivity contribution in [3.8, 4) is 0 Å². The number of nitrogens with two attached hydrogens (primary N) is 1. The van der Waals surface area contributed by atoms with Crippen molar-refractivity contribution in [3.05, 3.63) is 53.5 Å². The molecular weight excluding hydrogens is 425 g/mol. The molecule has 1 heterocycles. The van der Waals surface area contributed by atoms with E-state index < -0.39 is 9.84 Å². The smallest absolute Gasteiger partial charge is 0.175 e. The Balaban J connectivity index is 1.88. The van der Waals surface area contributed by atoms with Gasteiger partial charge in [0.1, 0.15) is 17.2 Å². The molecule has 0 saturated carbocycles. The topological polar surface area (TPSA) is 97.4 Å². The molecule has 0 aliphatic rings. The number of anilines is 2. The average Bonchev–Trinajstić information content (AvgIpc) is 2.96. The van der Waals surface area contributed by atoms with Crippen LogP contribution in [-0.4, -0.2) is 19.8 Å². The molecule has 1 atom stereocenters. The second-order valence-electron chi connectivity index (χ2n) is 7.57. The van der Waals surface area contributed by atoms with E-state index in [2.05, 4.69) is 10.6 Å². The Labute approximate surface area is 180 Å². The van der Waals surface area contributed by atoms with Gasteiger partial charge in [-0.05, 0) is 61.5 Å². The molecule has 6 nitrogen and oxygen atoms in total. The fourth-order valence-electron chi connectivity index (χ4n) is 3.22. The van der Waals surface area contributed by atoms with Gasteiger partial charge in [-0.15, -0.1) is 0 Å². The molecule has 0 saturated heterocycles. The predicted octanol–water partition coefficient (Wildman–Crippen LogP) is 4.55. The van der Waals surface area contributed by atoms with E-state index in [1.165, 1.54) is 30.3 Å². The maximum Gasteiger partial charge on any atom is 0.175 e. The van der Waals surface area contributed by atoms with E-state index in [-0.39, 0.29) is 27.8 Å². The van der Waals surface area contributed by atoms with Crippen LogP contribution < -0.4 is 16.4 Å². The second kappa shape index (κ2) is 8.23. The molecule has 0 aliphatic heterocycles. The number of aryl methyl sites for hydroxylation is 1. The number of nitrogens with one attached hydrogen (secondary N) is 2. The molecule has 1 unspecified atom stereocenters. The lowest BCUT2D eigenvalue weighted by molar-refractivity contribution is 0.388. The fraction of sp³-hybridized carbons (Fsp3) is 0.286. The number of hydrogen-bond acceptors (Lipinski definition) is 5. The Kier molecular flexibility index (Phi) is 6.05. The zero-order valence-electron chi connectivity index (χ0n) is 17.1. The number of thiocarbonyl (C=S) groups is 1. The largest absolute Gasteiger partial charge is 0.459 e. The Bertz CT molecular complexity index is 1220. The van der Waals surface area contributed by atoms with Crippen LogP contribution in [0.3, 0.4) is 0 Å². The minimum Gasteiger partial charge on any atom is -0.459 e. The van der Waals surface area contributed by atoms with Crippen LogP contribution in [0.5, 0.6) is 0 Å². The molecule has 1 aromatic heterocycles. The van der Waals surface area contributed by atoms with E-state index in [1.54, 1.807) is 6.07 Å². The maximum absolute atomic E-state index is 13.6. The molecule has 0 bridgehead atoms. The van der Waals surface area contributed by atoms with Crippen molar-refractivity contribution in [1.82, 2.24) is 5.32 Å². The van der Waals surface area contributed by atoms with Crippen molar-refractivity contribution in [2.75, 3.05) is 17.3 Å². The van der Waals surface area contributed by atoms with Crippen LogP contribution >= 0.6 is 12.2 Å². The Morgan fingerprint density at radius 2 is 1.90 bits per heavy atom. The number of sulfone groups is 1. The van der Waals surface area contributed by atoms with Gasteiger partial charge in [0.15, 0.2) is 14.9 Å². The van der Waals surface area contributed by atoms with Gasteiger partial charge in [-0.2, -0.15) is 0 Å². The van der Waals surface area contributed by atoms with Gasteiger partial charge < -0.3 is 20.8 Å². The summed E-state index contributed by atoms with van der Waals surface area (Å²) in [6.07, 6.45) is 1.13. The van der Waals surface area contributed by atoms with Gasteiger partial charge in [-0.1, -0.05) is 13.8 Å². The first kappa shape index (κ1) is 22.0. The first-order valence-corrected chi connectivity index (χ1v) is 11.6. The lowest BCUT2D eigenvalue weighted by Gasteiger charge is -2.23. The number of halogens is 1. The Hall–Kier alpha value is -2.65. The highest BCUT2D eigenvalue weighted by atomic mass is 32.2. The molecular formula is C21H24FN3O3S2. The lowest BCUT2D eigenvalue weighted by atomic mass is 9.98. The zero-order chi connectivity index (χ0) is 22.2. The number of furan rings is 1. The third-order valence-electron chi connectivity index (χ3n) is 4.87. The molecule has 3 rings (SSSR count). The summed E-state index contributed by atoms with van der Waals surface area (Å²) in [7, 11) is -3.39. The van der Waals surface area contributed by atoms with Gasteiger partial charge in [-0.25, -0.2) is 12.8 Å². The van der Waals surface area contributed by atoms with Crippen LogP contribution in [0.15, 0.2) is 45.7 Å². The minimum absolute atomic E-state index is 0.0913. The summed E-state index contributed by atoms with van der Waals surface area (Å²) in [4.78, 5) is 0.137. The first-order valence-electron chi connectivity index (χ1n) is 9.33. The fourth-order valence-corrected chi connectivity index (χ4v) is 4.10. The van der Waals surface area contributed by atoms with Gasteiger partial charge in [0.25, 0.3) is 0 Å². The molecule has 0 spiro atoms. The van der Waals surface area contributed by atoms with Crippen molar-refractivity contribution in [2.45, 2.75) is 31.7 Å². The molecule has 3 aromatic rings. The molecule has 0 fully saturated rings. The van der Waals surface area contributed by atoms with E-state index in [0.29, 0.717) is 28.1 Å². The molecule has 0 radical (unpaired) electrons. The minimum atomic E-state index is -3.39. The summed E-state index contributed by atoms with van der Waals surface area (Å²) in [5.74, 6) is 0.423. The summed E-state index contributed by atoms with van der Waals surface area (Å²) in [5.41, 5.74) is 8.16. The number of rotatable bonds is 5. The van der Waals surface area contributed by atoms with Crippen LogP contribution in [0.2, 0.25) is 0 Å². The van der Waals surface area contributed by atoms with Gasteiger partial charge in [0, 0.05) is 17.2 Å². The summed E-state index contributed by atoms with van der Waals surface area (Å²) in [6.45, 7) is 5.89. The van der Waals surface area contributed by atoms with E-state index in [9.17, 15) is 12.8 Å². The number of hydrogen-bond donors (Lipinski definition) is 3. The molecule has 2 aromatic carbocycles. The van der Waals surface area contributed by atoms with Gasteiger partial charge in [-0.3, -0.25) is 0 Å².